The highest BCUT2D eigenvalue weighted by atomic mass is 32.1. The summed E-state index contributed by atoms with van der Waals surface area (Å²) in [4.78, 5) is 18.1. The van der Waals surface area contributed by atoms with Crippen molar-refractivity contribution in [1.29, 1.82) is 0 Å². The Hall–Kier alpha value is -3.45. The minimum Gasteiger partial charge on any atom is -0.494 e. The van der Waals surface area contributed by atoms with Gasteiger partial charge in [0.1, 0.15) is 17.6 Å². The first-order valence-corrected chi connectivity index (χ1v) is 11.6. The number of unbranched alkanes of at least 4 members (excludes halogenated alkanes) is 1. The van der Waals surface area contributed by atoms with E-state index in [-0.39, 0.29) is 11.7 Å². The highest BCUT2D eigenvalue weighted by molar-refractivity contribution is 7.15. The molecule has 32 heavy (non-hydrogen) atoms. The molecule has 1 atom stereocenters. The van der Waals surface area contributed by atoms with E-state index >= 15 is 0 Å². The molecule has 2 aromatic carbocycles. The number of fused-ring (bicyclic) bond motifs is 2. The zero-order chi connectivity index (χ0) is 22.1. The Labute approximate surface area is 189 Å². The lowest BCUT2D eigenvalue weighted by Gasteiger charge is -2.22. The van der Waals surface area contributed by atoms with Crippen LogP contribution in [0.5, 0.6) is 11.5 Å². The Morgan fingerprint density at radius 2 is 2.00 bits per heavy atom. The molecule has 2 aromatic heterocycles. The van der Waals surface area contributed by atoms with E-state index in [9.17, 15) is 4.79 Å². The van der Waals surface area contributed by atoms with Crippen molar-refractivity contribution in [3.05, 3.63) is 74.6 Å². The fraction of sp³-hybridized carbons (Fsp3) is 0.240. The second-order valence-corrected chi connectivity index (χ2v) is 8.72. The summed E-state index contributed by atoms with van der Waals surface area (Å²) in [6.07, 6.45) is 5.93. The van der Waals surface area contributed by atoms with Gasteiger partial charge in [0, 0.05) is 11.1 Å². The van der Waals surface area contributed by atoms with Crippen LogP contribution in [0.15, 0.2) is 58.9 Å². The van der Waals surface area contributed by atoms with E-state index < -0.39 is 0 Å². The summed E-state index contributed by atoms with van der Waals surface area (Å²) in [6.45, 7) is 4.82. The molecule has 0 unspecified atom stereocenters. The predicted molar refractivity (Wildman–Crippen MR) is 127 cm³/mol. The van der Waals surface area contributed by atoms with Crippen molar-refractivity contribution < 1.29 is 9.47 Å². The molecule has 6 nitrogen and oxygen atoms in total. The molecule has 1 aliphatic heterocycles. The van der Waals surface area contributed by atoms with Gasteiger partial charge in [-0.25, -0.2) is 0 Å². The van der Waals surface area contributed by atoms with E-state index in [1.54, 1.807) is 0 Å². The Morgan fingerprint density at radius 1 is 1.19 bits per heavy atom. The molecule has 0 N–H and O–H groups in total. The largest absolute Gasteiger partial charge is 0.494 e. The Balaban J connectivity index is 1.44. The molecule has 1 aliphatic rings. The van der Waals surface area contributed by atoms with Crippen LogP contribution < -0.4 is 19.6 Å². The lowest BCUT2D eigenvalue weighted by molar-refractivity contribution is 0.259. The molecule has 162 valence electrons. The minimum absolute atomic E-state index is 0.139. The lowest BCUT2D eigenvalue weighted by Crippen LogP contribution is -2.26. The normalized spacial score (nSPS) is 16.0. The summed E-state index contributed by atoms with van der Waals surface area (Å²) in [5.41, 5.74) is 2.63. The molecule has 0 saturated carbocycles. The highest BCUT2D eigenvalue weighted by Crippen LogP contribution is 2.29. The summed E-state index contributed by atoms with van der Waals surface area (Å²) < 4.78 is 13.7. The zero-order valence-electron chi connectivity index (χ0n) is 17.9. The molecular formula is C25H23N3O3S. The molecule has 5 rings (SSSR count). The van der Waals surface area contributed by atoms with Gasteiger partial charge in [-0.05, 0) is 61.4 Å². The van der Waals surface area contributed by atoms with E-state index in [0.29, 0.717) is 21.9 Å². The zero-order valence-corrected chi connectivity index (χ0v) is 18.8. The first kappa shape index (κ1) is 20.5. The fourth-order valence-electron chi connectivity index (χ4n) is 3.56. The van der Waals surface area contributed by atoms with Crippen LogP contribution in [0.1, 0.15) is 32.3 Å². The number of benzene rings is 2. The molecule has 4 aromatic rings. The Kier molecular flexibility index (Phi) is 5.49. The van der Waals surface area contributed by atoms with Gasteiger partial charge in [0.25, 0.3) is 5.56 Å². The summed E-state index contributed by atoms with van der Waals surface area (Å²) in [5.74, 6) is 2.21. The molecular weight excluding hydrogens is 422 g/mol. The van der Waals surface area contributed by atoms with Gasteiger partial charge < -0.3 is 9.47 Å². The number of thiazole rings is 1. The second-order valence-electron chi connectivity index (χ2n) is 7.71. The number of ether oxygens (including phenoxy) is 2. The third-order valence-corrected chi connectivity index (χ3v) is 6.33. The van der Waals surface area contributed by atoms with Crippen LogP contribution in [-0.2, 0) is 0 Å². The molecule has 7 heteroatoms. The quantitative estimate of drug-likeness (QED) is 0.413. The molecule has 0 bridgehead atoms. The molecule has 0 radical (unpaired) electrons. The lowest BCUT2D eigenvalue weighted by atomic mass is 10.0. The second kappa shape index (κ2) is 8.59. The van der Waals surface area contributed by atoms with Crippen LogP contribution in [0.25, 0.3) is 28.5 Å². The van der Waals surface area contributed by atoms with Crippen LogP contribution in [0.3, 0.4) is 0 Å². The van der Waals surface area contributed by atoms with Gasteiger partial charge in [0.05, 0.1) is 11.1 Å². The summed E-state index contributed by atoms with van der Waals surface area (Å²) in [6, 6.07) is 15.5. The van der Waals surface area contributed by atoms with E-state index in [1.807, 2.05) is 61.5 Å². The number of aromatic nitrogens is 3. The Bertz CT molecular complexity index is 1400. The number of rotatable bonds is 6. The predicted octanol–water partition coefficient (Wildman–Crippen LogP) is 4.36. The van der Waals surface area contributed by atoms with Crippen LogP contribution in [0, 0.1) is 0 Å². The number of para-hydroxylation sites is 1. The molecule has 0 aliphatic carbocycles. The van der Waals surface area contributed by atoms with Crippen molar-refractivity contribution in [3.8, 4) is 22.9 Å². The summed E-state index contributed by atoms with van der Waals surface area (Å²) >= 11 is 1.33. The van der Waals surface area contributed by atoms with Crippen LogP contribution in [0.2, 0.25) is 0 Å². The number of nitrogens with zero attached hydrogens (tertiary/aromatic N) is 3. The maximum absolute atomic E-state index is 13.0. The SMILES string of the molecule is CCCCOc1ccc(-c2nc3s/c(=C\C4=Cc5ccccc5O[C@H]4C)c(=O)n3n2)cc1. The van der Waals surface area contributed by atoms with E-state index in [0.717, 1.165) is 41.0 Å². The molecule has 0 amide bonds. The topological polar surface area (TPSA) is 65.7 Å². The van der Waals surface area contributed by atoms with Gasteiger partial charge in [-0.1, -0.05) is 42.9 Å². The third-order valence-electron chi connectivity index (χ3n) is 5.37. The van der Waals surface area contributed by atoms with Crippen LogP contribution >= 0.6 is 11.3 Å². The summed E-state index contributed by atoms with van der Waals surface area (Å²) in [5, 5.41) is 4.45. The average molecular weight is 446 g/mol. The van der Waals surface area contributed by atoms with Crippen molar-refractivity contribution in [3.63, 3.8) is 0 Å². The van der Waals surface area contributed by atoms with Crippen LogP contribution in [-0.4, -0.2) is 27.3 Å². The van der Waals surface area contributed by atoms with Crippen molar-refractivity contribution in [2.24, 2.45) is 0 Å². The fourth-order valence-corrected chi connectivity index (χ4v) is 4.47. The molecule has 3 heterocycles. The van der Waals surface area contributed by atoms with Gasteiger partial charge in [-0.15, -0.1) is 5.10 Å². The van der Waals surface area contributed by atoms with Crippen molar-refractivity contribution >= 4 is 28.4 Å². The van der Waals surface area contributed by atoms with Crippen molar-refractivity contribution in [2.45, 2.75) is 32.8 Å². The highest BCUT2D eigenvalue weighted by Gasteiger charge is 2.18. The summed E-state index contributed by atoms with van der Waals surface area (Å²) in [7, 11) is 0. The van der Waals surface area contributed by atoms with Crippen molar-refractivity contribution in [2.75, 3.05) is 6.61 Å². The molecule has 0 saturated heterocycles. The first-order chi connectivity index (χ1) is 15.6. The smallest absolute Gasteiger partial charge is 0.291 e. The number of hydrogen-bond acceptors (Lipinski definition) is 6. The molecule has 0 fully saturated rings. The maximum atomic E-state index is 13.0. The van der Waals surface area contributed by atoms with Gasteiger partial charge in [-0.3, -0.25) is 4.79 Å². The third kappa shape index (κ3) is 3.91. The van der Waals surface area contributed by atoms with Crippen LogP contribution in [0.4, 0.5) is 0 Å². The Morgan fingerprint density at radius 3 is 2.78 bits per heavy atom. The average Bonchev–Trinajstić information content (AvgIpc) is 3.34. The first-order valence-electron chi connectivity index (χ1n) is 10.7. The number of hydrogen-bond donors (Lipinski definition) is 0. The van der Waals surface area contributed by atoms with Gasteiger partial charge >= 0.3 is 0 Å². The van der Waals surface area contributed by atoms with Gasteiger partial charge in [0.2, 0.25) is 4.96 Å². The van der Waals surface area contributed by atoms with E-state index in [2.05, 4.69) is 23.1 Å². The van der Waals surface area contributed by atoms with Gasteiger partial charge in [-0.2, -0.15) is 9.50 Å². The van der Waals surface area contributed by atoms with Crippen molar-refractivity contribution in [1.82, 2.24) is 14.6 Å². The van der Waals surface area contributed by atoms with E-state index in [1.165, 1.54) is 15.9 Å². The van der Waals surface area contributed by atoms with E-state index in [4.69, 9.17) is 9.47 Å². The van der Waals surface area contributed by atoms with Gasteiger partial charge in [0.15, 0.2) is 5.82 Å². The minimum atomic E-state index is -0.171. The standard InChI is InChI=1S/C25H23N3O3S/c1-3-4-13-30-20-11-9-17(10-12-20)23-26-25-28(27-23)24(29)22(32-25)15-19-14-18-7-5-6-8-21(18)31-16(19)2/h5-12,14-16H,3-4,13H2,1-2H3/b22-15-/t16-/m0/s1. The molecule has 0 spiro atoms. The maximum Gasteiger partial charge on any atom is 0.291 e. The monoisotopic (exact) mass is 445 g/mol.